The predicted molar refractivity (Wildman–Crippen MR) is 94.3 cm³/mol. The Morgan fingerprint density at radius 3 is 2.79 bits per heavy atom. The third-order valence-corrected chi connectivity index (χ3v) is 3.72. The molecule has 0 aliphatic rings. The van der Waals surface area contributed by atoms with Crippen molar-refractivity contribution >= 4 is 11.6 Å². The van der Waals surface area contributed by atoms with Gasteiger partial charge in [-0.2, -0.15) is 0 Å². The number of nitrogens with zero attached hydrogens (tertiary/aromatic N) is 1. The van der Waals surface area contributed by atoms with E-state index in [2.05, 4.69) is 17.2 Å². The number of anilines is 1. The zero-order valence-corrected chi connectivity index (χ0v) is 14.4. The van der Waals surface area contributed by atoms with Gasteiger partial charge in [-0.3, -0.25) is 9.78 Å². The lowest BCUT2D eigenvalue weighted by molar-refractivity contribution is -0.119. The number of benzene rings is 1. The average molecular weight is 328 g/mol. The molecule has 0 fully saturated rings. The smallest absolute Gasteiger partial charge is 0.227 e. The minimum absolute atomic E-state index is 0.0141. The number of aromatic nitrogens is 1. The summed E-state index contributed by atoms with van der Waals surface area (Å²) >= 11 is 0. The summed E-state index contributed by atoms with van der Waals surface area (Å²) in [5.41, 5.74) is 1.66. The van der Waals surface area contributed by atoms with Crippen molar-refractivity contribution in [2.45, 2.75) is 33.3 Å². The van der Waals surface area contributed by atoms with Crippen LogP contribution in [0.15, 0.2) is 42.7 Å². The second-order valence-corrected chi connectivity index (χ2v) is 5.69. The first-order valence-corrected chi connectivity index (χ1v) is 8.14. The number of carbonyl (C=O) groups excluding carboxylic acids is 1. The summed E-state index contributed by atoms with van der Waals surface area (Å²) in [6.07, 6.45) is 5.32. The first-order valence-electron chi connectivity index (χ1n) is 8.14. The fraction of sp³-hybridized carbons (Fsp3) is 0.368. The fourth-order valence-electron chi connectivity index (χ4n) is 2.34. The van der Waals surface area contributed by atoms with Crippen molar-refractivity contribution in [2.24, 2.45) is 5.92 Å². The SMILES string of the molecule is CCC[C@@H](C)C(=O)Nc1ccc(OC)c(OCc2cccnc2)c1. The topological polar surface area (TPSA) is 60.5 Å². The molecule has 0 saturated heterocycles. The molecule has 1 heterocycles. The number of hydrogen-bond donors (Lipinski definition) is 1. The Balaban J connectivity index is 2.08. The molecule has 0 unspecified atom stereocenters. The molecule has 1 aromatic carbocycles. The van der Waals surface area contributed by atoms with Gasteiger partial charge in [-0.15, -0.1) is 0 Å². The first kappa shape index (κ1) is 17.8. The quantitative estimate of drug-likeness (QED) is 0.794. The Bertz CT molecular complexity index is 659. The highest BCUT2D eigenvalue weighted by molar-refractivity contribution is 5.92. The van der Waals surface area contributed by atoms with Crippen LogP contribution in [-0.4, -0.2) is 18.0 Å². The molecule has 0 radical (unpaired) electrons. The van der Waals surface area contributed by atoms with Crippen molar-refractivity contribution in [1.29, 1.82) is 0 Å². The predicted octanol–water partition coefficient (Wildman–Crippen LogP) is 4.04. The van der Waals surface area contributed by atoms with Gasteiger partial charge in [-0.1, -0.05) is 26.3 Å². The molecule has 1 aromatic heterocycles. The highest BCUT2D eigenvalue weighted by atomic mass is 16.5. The average Bonchev–Trinajstić information content (AvgIpc) is 2.61. The van der Waals surface area contributed by atoms with Crippen LogP contribution >= 0.6 is 0 Å². The van der Waals surface area contributed by atoms with Crippen molar-refractivity contribution in [3.8, 4) is 11.5 Å². The van der Waals surface area contributed by atoms with Gasteiger partial charge >= 0.3 is 0 Å². The number of amides is 1. The van der Waals surface area contributed by atoms with Crippen molar-refractivity contribution in [2.75, 3.05) is 12.4 Å². The minimum atomic E-state index is -0.0168. The molecular formula is C19H24N2O3. The highest BCUT2D eigenvalue weighted by Gasteiger charge is 2.13. The number of rotatable bonds is 8. The van der Waals surface area contributed by atoms with Gasteiger partial charge in [-0.05, 0) is 24.6 Å². The van der Waals surface area contributed by atoms with E-state index >= 15 is 0 Å². The number of carbonyl (C=O) groups is 1. The van der Waals surface area contributed by atoms with E-state index in [-0.39, 0.29) is 11.8 Å². The van der Waals surface area contributed by atoms with E-state index < -0.39 is 0 Å². The molecule has 0 bridgehead atoms. The summed E-state index contributed by atoms with van der Waals surface area (Å²) in [5.74, 6) is 1.21. The molecule has 2 rings (SSSR count). The van der Waals surface area contributed by atoms with Crippen molar-refractivity contribution in [1.82, 2.24) is 4.98 Å². The summed E-state index contributed by atoms with van der Waals surface area (Å²) in [6, 6.07) is 9.19. The molecule has 1 atom stereocenters. The Labute approximate surface area is 143 Å². The second-order valence-electron chi connectivity index (χ2n) is 5.69. The van der Waals surface area contributed by atoms with Gasteiger partial charge in [0.1, 0.15) is 6.61 Å². The molecule has 0 aliphatic heterocycles. The van der Waals surface area contributed by atoms with Crippen LogP contribution in [0, 0.1) is 5.92 Å². The Morgan fingerprint density at radius 1 is 1.29 bits per heavy atom. The van der Waals surface area contributed by atoms with Gasteiger partial charge in [-0.25, -0.2) is 0 Å². The van der Waals surface area contributed by atoms with Gasteiger partial charge in [0.2, 0.25) is 5.91 Å². The van der Waals surface area contributed by atoms with Gasteiger partial charge < -0.3 is 14.8 Å². The van der Waals surface area contributed by atoms with Gasteiger partial charge in [0.25, 0.3) is 0 Å². The van der Waals surface area contributed by atoms with E-state index in [1.165, 1.54) is 0 Å². The molecule has 24 heavy (non-hydrogen) atoms. The van der Waals surface area contributed by atoms with E-state index in [4.69, 9.17) is 9.47 Å². The molecule has 2 aromatic rings. The number of nitrogens with one attached hydrogen (secondary N) is 1. The maximum absolute atomic E-state index is 12.2. The van der Waals surface area contributed by atoms with Crippen LogP contribution < -0.4 is 14.8 Å². The lowest BCUT2D eigenvalue weighted by Gasteiger charge is -2.14. The van der Waals surface area contributed by atoms with Crippen LogP contribution in [0.4, 0.5) is 5.69 Å². The van der Waals surface area contributed by atoms with E-state index in [1.54, 1.807) is 31.6 Å². The van der Waals surface area contributed by atoms with Gasteiger partial charge in [0.15, 0.2) is 11.5 Å². The molecule has 0 spiro atoms. The molecule has 0 saturated carbocycles. The van der Waals surface area contributed by atoms with Crippen LogP contribution in [0.5, 0.6) is 11.5 Å². The van der Waals surface area contributed by atoms with Crippen molar-refractivity contribution < 1.29 is 14.3 Å². The molecule has 1 N–H and O–H groups in total. The zero-order valence-electron chi connectivity index (χ0n) is 14.4. The third kappa shape index (κ3) is 4.98. The van der Waals surface area contributed by atoms with Crippen LogP contribution in [0.1, 0.15) is 32.3 Å². The van der Waals surface area contributed by atoms with Crippen LogP contribution in [-0.2, 0) is 11.4 Å². The Kier molecular flexibility index (Phi) is 6.61. The Morgan fingerprint density at radius 2 is 2.12 bits per heavy atom. The lowest BCUT2D eigenvalue weighted by Crippen LogP contribution is -2.20. The van der Waals surface area contributed by atoms with Gasteiger partial charge in [0.05, 0.1) is 7.11 Å². The molecular weight excluding hydrogens is 304 g/mol. The van der Waals surface area contributed by atoms with E-state index in [0.717, 1.165) is 18.4 Å². The van der Waals surface area contributed by atoms with Gasteiger partial charge in [0, 0.05) is 35.6 Å². The zero-order chi connectivity index (χ0) is 17.4. The monoisotopic (exact) mass is 328 g/mol. The number of ether oxygens (including phenoxy) is 2. The van der Waals surface area contributed by atoms with Crippen LogP contribution in [0.2, 0.25) is 0 Å². The maximum Gasteiger partial charge on any atom is 0.227 e. The number of pyridine rings is 1. The normalized spacial score (nSPS) is 11.6. The molecule has 0 aliphatic carbocycles. The summed E-state index contributed by atoms with van der Waals surface area (Å²) in [6.45, 7) is 4.39. The second kappa shape index (κ2) is 8.91. The highest BCUT2D eigenvalue weighted by Crippen LogP contribution is 2.31. The summed E-state index contributed by atoms with van der Waals surface area (Å²) in [7, 11) is 1.59. The van der Waals surface area contributed by atoms with Crippen molar-refractivity contribution in [3.05, 3.63) is 48.3 Å². The molecule has 5 heteroatoms. The largest absolute Gasteiger partial charge is 0.493 e. The van der Waals surface area contributed by atoms with E-state index in [1.807, 2.05) is 25.1 Å². The lowest BCUT2D eigenvalue weighted by atomic mass is 10.1. The minimum Gasteiger partial charge on any atom is -0.493 e. The molecule has 1 amide bonds. The fourth-order valence-corrected chi connectivity index (χ4v) is 2.34. The third-order valence-electron chi connectivity index (χ3n) is 3.72. The summed E-state index contributed by atoms with van der Waals surface area (Å²) in [5, 5.41) is 2.93. The first-order chi connectivity index (χ1) is 11.6. The van der Waals surface area contributed by atoms with E-state index in [9.17, 15) is 4.79 Å². The maximum atomic E-state index is 12.2. The molecule has 5 nitrogen and oxygen atoms in total. The summed E-state index contributed by atoms with van der Waals surface area (Å²) < 4.78 is 11.2. The number of methoxy groups -OCH3 is 1. The Hall–Kier alpha value is -2.56. The van der Waals surface area contributed by atoms with Crippen LogP contribution in [0.3, 0.4) is 0 Å². The van der Waals surface area contributed by atoms with Crippen molar-refractivity contribution in [3.63, 3.8) is 0 Å². The standard InChI is InChI=1S/C19H24N2O3/c1-4-6-14(2)19(22)21-16-8-9-17(23-3)18(11-16)24-13-15-7-5-10-20-12-15/h5,7-12,14H,4,6,13H2,1-3H3,(H,21,22)/t14-/m1/s1. The van der Waals surface area contributed by atoms with E-state index in [0.29, 0.717) is 23.8 Å². The summed E-state index contributed by atoms with van der Waals surface area (Å²) in [4.78, 5) is 16.2. The number of hydrogen-bond acceptors (Lipinski definition) is 4. The molecule has 128 valence electrons. The van der Waals surface area contributed by atoms with Crippen LogP contribution in [0.25, 0.3) is 0 Å².